The number of imidazole rings is 1. The van der Waals surface area contributed by atoms with E-state index in [2.05, 4.69) is 40.4 Å². The zero-order valence-corrected chi connectivity index (χ0v) is 22.6. The topological polar surface area (TPSA) is 115 Å². The molecule has 0 amide bonds. The van der Waals surface area contributed by atoms with Crippen molar-refractivity contribution in [3.63, 3.8) is 0 Å². The van der Waals surface area contributed by atoms with Gasteiger partial charge in [-0.3, -0.25) is 0 Å². The minimum absolute atomic E-state index is 0.0194. The van der Waals surface area contributed by atoms with E-state index in [0.29, 0.717) is 28.9 Å². The summed E-state index contributed by atoms with van der Waals surface area (Å²) in [5.41, 5.74) is 2.88. The van der Waals surface area contributed by atoms with Crippen LogP contribution in [0.25, 0.3) is 34.1 Å². The summed E-state index contributed by atoms with van der Waals surface area (Å²) in [5, 5.41) is 6.87. The van der Waals surface area contributed by atoms with Crippen molar-refractivity contribution >= 4 is 28.7 Å². The summed E-state index contributed by atoms with van der Waals surface area (Å²) >= 11 is 6.41. The van der Waals surface area contributed by atoms with Crippen LogP contribution in [0.1, 0.15) is 46.5 Å². The van der Waals surface area contributed by atoms with E-state index in [1.165, 1.54) is 25.7 Å². The molecule has 0 spiro atoms. The van der Waals surface area contributed by atoms with E-state index < -0.39 is 5.76 Å². The third kappa shape index (κ3) is 4.71. The molecule has 38 heavy (non-hydrogen) atoms. The van der Waals surface area contributed by atoms with Gasteiger partial charge in [0.25, 0.3) is 5.89 Å². The molecule has 4 aromatic rings. The SMILES string of the molecule is C[C@@H]1OCCN(c2nc3nc(-c4n[nH]c(=O)o4)nc(-c4cccc(Cl)c4)c3n2C[C@H]2CC[C@H](C)CC2)[C@H]1C. The molecule has 3 aromatic heterocycles. The first kappa shape index (κ1) is 25.1. The minimum atomic E-state index is -0.665. The number of fused-ring (bicyclic) bond motifs is 1. The van der Waals surface area contributed by atoms with E-state index in [1.807, 2.05) is 24.3 Å². The largest absolute Gasteiger partial charge is 0.434 e. The van der Waals surface area contributed by atoms with Crippen LogP contribution in [0.2, 0.25) is 5.02 Å². The first-order valence-electron chi connectivity index (χ1n) is 13.4. The van der Waals surface area contributed by atoms with E-state index in [4.69, 9.17) is 35.7 Å². The van der Waals surface area contributed by atoms with Crippen molar-refractivity contribution in [2.75, 3.05) is 18.1 Å². The zero-order chi connectivity index (χ0) is 26.4. The number of benzene rings is 1. The molecule has 1 aromatic carbocycles. The van der Waals surface area contributed by atoms with Crippen molar-refractivity contribution in [1.82, 2.24) is 29.7 Å². The number of morpholine rings is 1. The van der Waals surface area contributed by atoms with E-state index in [1.54, 1.807) is 0 Å². The number of hydrogen-bond donors (Lipinski definition) is 1. The van der Waals surface area contributed by atoms with E-state index in [9.17, 15) is 4.79 Å². The molecule has 1 aliphatic heterocycles. The van der Waals surface area contributed by atoms with Crippen LogP contribution in [0.3, 0.4) is 0 Å². The van der Waals surface area contributed by atoms with Crippen LogP contribution in [-0.2, 0) is 11.3 Å². The van der Waals surface area contributed by atoms with Crippen LogP contribution in [0.5, 0.6) is 0 Å². The molecule has 1 saturated carbocycles. The number of anilines is 1. The third-order valence-corrected chi connectivity index (χ3v) is 8.26. The molecule has 4 heterocycles. The van der Waals surface area contributed by atoms with Crippen LogP contribution in [0.15, 0.2) is 33.5 Å². The second-order valence-corrected chi connectivity index (χ2v) is 11.1. The Morgan fingerprint density at radius 2 is 1.92 bits per heavy atom. The molecule has 6 rings (SSSR count). The Labute approximate surface area is 225 Å². The van der Waals surface area contributed by atoms with Gasteiger partial charge in [0.2, 0.25) is 11.8 Å². The van der Waals surface area contributed by atoms with Gasteiger partial charge in [-0.25, -0.2) is 19.9 Å². The Morgan fingerprint density at radius 3 is 2.66 bits per heavy atom. The predicted molar refractivity (Wildman–Crippen MR) is 145 cm³/mol. The number of nitrogens with one attached hydrogen (secondary N) is 1. The highest BCUT2D eigenvalue weighted by molar-refractivity contribution is 6.30. The third-order valence-electron chi connectivity index (χ3n) is 8.03. The lowest BCUT2D eigenvalue weighted by molar-refractivity contribution is 0.0274. The van der Waals surface area contributed by atoms with Gasteiger partial charge in [-0.1, -0.05) is 43.5 Å². The minimum Gasteiger partial charge on any atom is -0.384 e. The molecule has 1 saturated heterocycles. The molecular formula is C27H32ClN7O3. The van der Waals surface area contributed by atoms with Gasteiger partial charge in [0.1, 0.15) is 11.2 Å². The highest BCUT2D eigenvalue weighted by Gasteiger charge is 2.32. The fourth-order valence-corrected chi connectivity index (χ4v) is 5.85. The number of ether oxygens (including phenoxy) is 1. The first-order chi connectivity index (χ1) is 18.4. The van der Waals surface area contributed by atoms with Crippen molar-refractivity contribution in [2.24, 2.45) is 11.8 Å². The van der Waals surface area contributed by atoms with Crippen molar-refractivity contribution in [1.29, 1.82) is 0 Å². The Balaban J connectivity index is 1.58. The molecule has 0 unspecified atom stereocenters. The molecule has 2 aliphatic rings. The summed E-state index contributed by atoms with van der Waals surface area (Å²) in [6.07, 6.45) is 4.90. The number of rotatable bonds is 5. The van der Waals surface area contributed by atoms with Crippen LogP contribution in [0, 0.1) is 11.8 Å². The smallest absolute Gasteiger partial charge is 0.384 e. The van der Waals surface area contributed by atoms with E-state index in [0.717, 1.165) is 36.0 Å². The first-order valence-corrected chi connectivity index (χ1v) is 13.7. The van der Waals surface area contributed by atoms with Crippen LogP contribution in [-0.4, -0.2) is 55.0 Å². The molecule has 11 heteroatoms. The summed E-state index contributed by atoms with van der Waals surface area (Å²) in [6, 6.07) is 7.72. The Bertz CT molecular complexity index is 1500. The van der Waals surface area contributed by atoms with Crippen LogP contribution in [0.4, 0.5) is 5.95 Å². The second kappa shape index (κ2) is 10.1. The van der Waals surface area contributed by atoms with Crippen molar-refractivity contribution < 1.29 is 9.15 Å². The summed E-state index contributed by atoms with van der Waals surface area (Å²) in [4.78, 5) is 28.7. The van der Waals surface area contributed by atoms with Gasteiger partial charge in [0, 0.05) is 23.7 Å². The average Bonchev–Trinajstić information content (AvgIpc) is 3.50. The zero-order valence-electron chi connectivity index (χ0n) is 21.9. The highest BCUT2D eigenvalue weighted by atomic mass is 35.5. The Morgan fingerprint density at radius 1 is 1.11 bits per heavy atom. The normalized spacial score (nSPS) is 24.3. The summed E-state index contributed by atoms with van der Waals surface area (Å²) in [6.45, 7) is 8.80. The lowest BCUT2D eigenvalue weighted by Crippen LogP contribution is -2.49. The van der Waals surface area contributed by atoms with Gasteiger partial charge in [-0.15, -0.1) is 5.10 Å². The summed E-state index contributed by atoms with van der Waals surface area (Å²) < 4.78 is 13.4. The average molecular weight is 538 g/mol. The maximum absolute atomic E-state index is 11.7. The number of H-pyrrole nitrogens is 1. The van der Waals surface area contributed by atoms with Crippen LogP contribution < -0.4 is 10.7 Å². The summed E-state index contributed by atoms with van der Waals surface area (Å²) in [7, 11) is 0. The molecule has 10 nitrogen and oxygen atoms in total. The molecule has 2 fully saturated rings. The number of nitrogens with zero attached hydrogens (tertiary/aromatic N) is 6. The monoisotopic (exact) mass is 537 g/mol. The molecule has 0 bridgehead atoms. The fourth-order valence-electron chi connectivity index (χ4n) is 5.66. The number of halogens is 1. The molecule has 200 valence electrons. The number of aromatic nitrogens is 6. The van der Waals surface area contributed by atoms with Crippen molar-refractivity contribution in [3.05, 3.63) is 39.8 Å². The van der Waals surface area contributed by atoms with Gasteiger partial charge in [-0.2, -0.15) is 4.98 Å². The van der Waals surface area contributed by atoms with Crippen molar-refractivity contribution in [3.8, 4) is 23.0 Å². The Kier molecular flexibility index (Phi) is 6.69. The van der Waals surface area contributed by atoms with Crippen molar-refractivity contribution in [2.45, 2.75) is 65.1 Å². The number of hydrogen-bond acceptors (Lipinski definition) is 8. The van der Waals surface area contributed by atoms with Gasteiger partial charge in [0.05, 0.1) is 18.8 Å². The number of aromatic amines is 1. The van der Waals surface area contributed by atoms with Gasteiger partial charge < -0.3 is 18.6 Å². The van der Waals surface area contributed by atoms with Gasteiger partial charge >= 0.3 is 5.76 Å². The molecule has 0 radical (unpaired) electrons. The van der Waals surface area contributed by atoms with Crippen LogP contribution >= 0.6 is 11.6 Å². The van der Waals surface area contributed by atoms with E-state index in [-0.39, 0.29) is 23.9 Å². The highest BCUT2D eigenvalue weighted by Crippen LogP contribution is 2.37. The predicted octanol–water partition coefficient (Wildman–Crippen LogP) is 4.93. The van der Waals surface area contributed by atoms with E-state index >= 15 is 0 Å². The quantitative estimate of drug-likeness (QED) is 0.381. The molecular weight excluding hydrogens is 506 g/mol. The molecule has 1 N–H and O–H groups in total. The summed E-state index contributed by atoms with van der Waals surface area (Å²) in [5.74, 6) is 1.71. The lowest BCUT2D eigenvalue weighted by Gasteiger charge is -2.39. The Hall–Kier alpha value is -3.24. The fraction of sp³-hybridized carbons (Fsp3) is 0.519. The standard InChI is InChI=1S/C27H32ClN7O3/c1-15-7-9-18(10-8-15)14-35-22-21(19-5-4-6-20(28)13-19)29-24(25-32-33-27(36)38-25)30-23(22)31-26(35)34-11-12-37-17(3)16(34)2/h4-6,13,15-18H,7-12,14H2,1-3H3,(H,33,36)/t15-,16-,17-,18-/m0/s1. The molecule has 1 aliphatic carbocycles. The van der Waals surface area contributed by atoms with Gasteiger partial charge in [-0.05, 0) is 50.7 Å². The second-order valence-electron chi connectivity index (χ2n) is 10.7. The maximum Gasteiger partial charge on any atom is 0.434 e. The molecule has 2 atom stereocenters. The maximum atomic E-state index is 11.7. The van der Waals surface area contributed by atoms with Gasteiger partial charge in [0.15, 0.2) is 5.65 Å². The lowest BCUT2D eigenvalue weighted by atomic mass is 9.83.